The van der Waals surface area contributed by atoms with Gasteiger partial charge in [0, 0.05) is 0 Å². The van der Waals surface area contributed by atoms with Gasteiger partial charge >= 0.3 is 5.97 Å². The Labute approximate surface area is 123 Å². The first kappa shape index (κ1) is 20.2. The van der Waals surface area contributed by atoms with Crippen molar-refractivity contribution in [2.45, 2.75) is 50.6 Å². The molecule has 0 aliphatic rings. The lowest BCUT2D eigenvalue weighted by molar-refractivity contribution is -0.170. The average Bonchev–Trinajstić information content (AvgIpc) is 2.49. The highest BCUT2D eigenvalue weighted by Crippen LogP contribution is 2.17. The zero-order valence-electron chi connectivity index (χ0n) is 12.1. The molecule has 5 atom stereocenters. The predicted octanol–water partition coefficient (Wildman–Crippen LogP) is -2.24. The van der Waals surface area contributed by atoms with Crippen LogP contribution in [0.4, 0.5) is 0 Å². The molecular formula is C13H26O8. The molecule has 8 heteroatoms. The summed E-state index contributed by atoms with van der Waals surface area (Å²) in [5.41, 5.74) is 0. The molecule has 0 saturated heterocycles. The molecular weight excluding hydrogens is 284 g/mol. The maximum absolute atomic E-state index is 11.9. The molecule has 0 heterocycles. The molecule has 2 unspecified atom stereocenters. The van der Waals surface area contributed by atoms with E-state index in [4.69, 9.17) is 14.9 Å². The van der Waals surface area contributed by atoms with Crippen LogP contribution in [-0.2, 0) is 9.53 Å². The van der Waals surface area contributed by atoms with Crippen molar-refractivity contribution in [1.82, 2.24) is 0 Å². The number of aliphatic hydroxyl groups is 6. The highest BCUT2D eigenvalue weighted by atomic mass is 16.5. The largest absolute Gasteiger partial charge is 0.465 e. The first-order chi connectivity index (χ1) is 9.90. The normalized spacial score (nSPS) is 18.6. The van der Waals surface area contributed by atoms with Crippen LogP contribution in [0.3, 0.4) is 0 Å². The van der Waals surface area contributed by atoms with Gasteiger partial charge in [-0.3, -0.25) is 4.79 Å². The molecule has 0 bridgehead atoms. The third-order valence-corrected chi connectivity index (χ3v) is 3.17. The number of unbranched alkanes of at least 4 members (excludes halogenated alkanes) is 2. The maximum atomic E-state index is 11.9. The lowest BCUT2D eigenvalue weighted by atomic mass is 9.90. The highest BCUT2D eigenvalue weighted by molar-refractivity contribution is 5.74. The Morgan fingerprint density at radius 1 is 0.952 bits per heavy atom. The number of ether oxygens (including phenoxy) is 1. The standard InChI is InChI=1S/C13H26O8/c1-2-3-4-5-21-13(20)10(8(16)6-14)12(19)11(18)9(17)7-15/h8-12,14-19H,2-7H2,1H3/t8-,9-,10?,11?,12+/m0/s1. The Hall–Kier alpha value is -0.770. The van der Waals surface area contributed by atoms with E-state index in [0.29, 0.717) is 6.42 Å². The Balaban J connectivity index is 4.74. The lowest BCUT2D eigenvalue weighted by Gasteiger charge is -2.29. The zero-order valence-corrected chi connectivity index (χ0v) is 12.1. The van der Waals surface area contributed by atoms with E-state index in [1.54, 1.807) is 0 Å². The number of carbonyl (C=O) groups excluding carboxylic acids is 1. The van der Waals surface area contributed by atoms with Gasteiger partial charge in [-0.1, -0.05) is 19.8 Å². The van der Waals surface area contributed by atoms with Gasteiger partial charge in [-0.05, 0) is 6.42 Å². The Kier molecular flexibility index (Phi) is 10.5. The first-order valence-corrected chi connectivity index (χ1v) is 7.01. The van der Waals surface area contributed by atoms with Crippen LogP contribution in [0.5, 0.6) is 0 Å². The number of hydrogen-bond acceptors (Lipinski definition) is 8. The van der Waals surface area contributed by atoms with E-state index < -0.39 is 49.5 Å². The fraction of sp³-hybridized carbons (Fsp3) is 0.923. The molecule has 0 aromatic carbocycles. The minimum absolute atomic E-state index is 0.0900. The summed E-state index contributed by atoms with van der Waals surface area (Å²) in [6.45, 7) is 0.405. The molecule has 0 aromatic heterocycles. The van der Waals surface area contributed by atoms with Crippen molar-refractivity contribution in [2.75, 3.05) is 19.8 Å². The van der Waals surface area contributed by atoms with Gasteiger partial charge < -0.3 is 35.4 Å². The summed E-state index contributed by atoms with van der Waals surface area (Å²) in [4.78, 5) is 11.9. The highest BCUT2D eigenvalue weighted by Gasteiger charge is 2.40. The summed E-state index contributed by atoms with van der Waals surface area (Å²) in [7, 11) is 0. The second-order valence-electron chi connectivity index (χ2n) is 4.88. The topological polar surface area (TPSA) is 148 Å². The number of rotatable bonds is 11. The summed E-state index contributed by atoms with van der Waals surface area (Å²) in [5, 5.41) is 56.0. The van der Waals surface area contributed by atoms with Crippen molar-refractivity contribution in [2.24, 2.45) is 5.92 Å². The van der Waals surface area contributed by atoms with E-state index in [1.165, 1.54) is 0 Å². The Morgan fingerprint density at radius 3 is 2.00 bits per heavy atom. The molecule has 8 nitrogen and oxygen atoms in total. The molecule has 0 aromatic rings. The van der Waals surface area contributed by atoms with Gasteiger partial charge in [0.1, 0.15) is 18.1 Å². The predicted molar refractivity (Wildman–Crippen MR) is 72.2 cm³/mol. The van der Waals surface area contributed by atoms with Crippen molar-refractivity contribution in [3.63, 3.8) is 0 Å². The van der Waals surface area contributed by atoms with Crippen molar-refractivity contribution >= 4 is 5.97 Å². The Morgan fingerprint density at radius 2 is 1.52 bits per heavy atom. The number of esters is 1. The molecule has 0 amide bonds. The first-order valence-electron chi connectivity index (χ1n) is 7.01. The third-order valence-electron chi connectivity index (χ3n) is 3.17. The van der Waals surface area contributed by atoms with Gasteiger partial charge in [0.2, 0.25) is 0 Å². The van der Waals surface area contributed by atoms with E-state index in [0.717, 1.165) is 12.8 Å². The minimum atomic E-state index is -1.88. The third kappa shape index (κ3) is 6.68. The second kappa shape index (κ2) is 10.9. The quantitative estimate of drug-likeness (QED) is 0.185. The van der Waals surface area contributed by atoms with Crippen LogP contribution in [0, 0.1) is 5.92 Å². The van der Waals surface area contributed by atoms with Crippen LogP contribution in [0.15, 0.2) is 0 Å². The second-order valence-corrected chi connectivity index (χ2v) is 4.88. The van der Waals surface area contributed by atoms with E-state index in [9.17, 15) is 25.2 Å². The molecule has 0 saturated carbocycles. The van der Waals surface area contributed by atoms with Crippen molar-refractivity contribution < 1.29 is 40.2 Å². The van der Waals surface area contributed by atoms with Crippen molar-refractivity contribution in [1.29, 1.82) is 0 Å². The summed E-state index contributed by atoms with van der Waals surface area (Å²) in [5.74, 6) is -2.60. The van der Waals surface area contributed by atoms with E-state index in [1.807, 2.05) is 6.92 Å². The molecule has 0 aliphatic heterocycles. The van der Waals surface area contributed by atoms with Crippen LogP contribution in [0.1, 0.15) is 26.2 Å². The fourth-order valence-corrected chi connectivity index (χ4v) is 1.81. The van der Waals surface area contributed by atoms with Gasteiger partial charge in [0.25, 0.3) is 0 Å². The van der Waals surface area contributed by atoms with Crippen LogP contribution >= 0.6 is 0 Å². The number of hydrogen-bond donors (Lipinski definition) is 6. The molecule has 6 N–H and O–H groups in total. The van der Waals surface area contributed by atoms with Gasteiger partial charge in [0.05, 0.1) is 32.0 Å². The summed E-state index contributed by atoms with van der Waals surface area (Å²) in [6, 6.07) is 0. The summed E-state index contributed by atoms with van der Waals surface area (Å²) in [6.07, 6.45) is -4.70. The van der Waals surface area contributed by atoms with Crippen LogP contribution in [0.25, 0.3) is 0 Å². The summed E-state index contributed by atoms with van der Waals surface area (Å²) < 4.78 is 4.89. The van der Waals surface area contributed by atoms with Crippen molar-refractivity contribution in [3.8, 4) is 0 Å². The number of carbonyl (C=O) groups is 1. The fourth-order valence-electron chi connectivity index (χ4n) is 1.81. The lowest BCUT2D eigenvalue weighted by Crippen LogP contribution is -2.51. The summed E-state index contributed by atoms with van der Waals surface area (Å²) >= 11 is 0. The average molecular weight is 310 g/mol. The molecule has 0 spiro atoms. The van der Waals surface area contributed by atoms with E-state index >= 15 is 0 Å². The van der Waals surface area contributed by atoms with Crippen LogP contribution in [0.2, 0.25) is 0 Å². The van der Waals surface area contributed by atoms with Crippen LogP contribution in [-0.4, -0.2) is 80.8 Å². The van der Waals surface area contributed by atoms with E-state index in [2.05, 4.69) is 0 Å². The van der Waals surface area contributed by atoms with Gasteiger partial charge in [0.15, 0.2) is 0 Å². The van der Waals surface area contributed by atoms with Gasteiger partial charge in [-0.15, -0.1) is 0 Å². The van der Waals surface area contributed by atoms with Crippen LogP contribution < -0.4 is 0 Å². The maximum Gasteiger partial charge on any atom is 0.314 e. The smallest absolute Gasteiger partial charge is 0.314 e. The molecule has 0 fully saturated rings. The number of aliphatic hydroxyl groups excluding tert-OH is 6. The zero-order chi connectivity index (χ0) is 16.4. The Bertz CT molecular complexity index is 285. The molecule has 21 heavy (non-hydrogen) atoms. The molecule has 0 radical (unpaired) electrons. The van der Waals surface area contributed by atoms with Gasteiger partial charge in [-0.2, -0.15) is 0 Å². The van der Waals surface area contributed by atoms with Gasteiger partial charge in [-0.25, -0.2) is 0 Å². The molecule has 0 rings (SSSR count). The SMILES string of the molecule is CCCCCOC(=O)C([C@@H](O)C(O)[C@@H](O)CO)[C@@H](O)CO. The molecule has 0 aliphatic carbocycles. The van der Waals surface area contributed by atoms with E-state index in [-0.39, 0.29) is 6.61 Å². The molecule has 126 valence electrons. The van der Waals surface area contributed by atoms with Crippen molar-refractivity contribution in [3.05, 3.63) is 0 Å². The minimum Gasteiger partial charge on any atom is -0.465 e. The monoisotopic (exact) mass is 310 g/mol.